The summed E-state index contributed by atoms with van der Waals surface area (Å²) < 4.78 is 2.47. The van der Waals surface area contributed by atoms with Crippen molar-refractivity contribution in [3.05, 3.63) is 192 Å². The Bertz CT molecular complexity index is 2310. The number of anilines is 2. The van der Waals surface area contributed by atoms with E-state index in [4.69, 9.17) is 0 Å². The Morgan fingerprint density at radius 3 is 1.98 bits per heavy atom. The van der Waals surface area contributed by atoms with E-state index in [1.54, 1.807) is 0 Å². The van der Waals surface area contributed by atoms with Crippen LogP contribution in [0, 0.1) is 5.92 Å². The maximum absolute atomic E-state index is 2.52. The average molecular weight is 619 g/mol. The van der Waals surface area contributed by atoms with Gasteiger partial charge in [-0.2, -0.15) is 0 Å². The zero-order chi connectivity index (χ0) is 32.2. The molecule has 232 valence electrons. The molecule has 0 amide bonds. The highest BCUT2D eigenvalue weighted by molar-refractivity contribution is 6.11. The smallest absolute Gasteiger partial charge is 0.0547 e. The van der Waals surface area contributed by atoms with Crippen molar-refractivity contribution < 1.29 is 0 Å². The van der Waals surface area contributed by atoms with Crippen LogP contribution in [-0.4, -0.2) is 4.57 Å². The van der Waals surface area contributed by atoms with Crippen LogP contribution in [0.5, 0.6) is 0 Å². The van der Waals surface area contributed by atoms with Gasteiger partial charge in [0.25, 0.3) is 0 Å². The number of hydrogen-bond acceptors (Lipinski definition) is 1. The van der Waals surface area contributed by atoms with E-state index in [0.717, 1.165) is 13.0 Å². The van der Waals surface area contributed by atoms with Crippen LogP contribution in [0.15, 0.2) is 169 Å². The summed E-state index contributed by atoms with van der Waals surface area (Å²) in [4.78, 5) is 2.38. The second-order valence-corrected chi connectivity index (χ2v) is 13.5. The van der Waals surface area contributed by atoms with Crippen LogP contribution < -0.4 is 4.90 Å². The molecule has 2 atom stereocenters. The van der Waals surface area contributed by atoms with E-state index in [0.29, 0.717) is 5.92 Å². The van der Waals surface area contributed by atoms with Crippen molar-refractivity contribution >= 4 is 38.8 Å². The van der Waals surface area contributed by atoms with Crippen molar-refractivity contribution in [1.82, 2.24) is 4.57 Å². The zero-order valence-corrected chi connectivity index (χ0v) is 27.5. The predicted octanol–water partition coefficient (Wildman–Crippen LogP) is 11.8. The van der Waals surface area contributed by atoms with E-state index in [1.807, 2.05) is 0 Å². The van der Waals surface area contributed by atoms with Crippen LogP contribution in [-0.2, 0) is 12.0 Å². The molecular formula is C46H38N2. The molecule has 0 N–H and O–H groups in total. The molecule has 0 fully saturated rings. The van der Waals surface area contributed by atoms with Gasteiger partial charge >= 0.3 is 0 Å². The van der Waals surface area contributed by atoms with Gasteiger partial charge in [-0.1, -0.05) is 116 Å². The van der Waals surface area contributed by atoms with Crippen LogP contribution in [0.4, 0.5) is 11.4 Å². The third kappa shape index (κ3) is 4.40. The lowest BCUT2D eigenvalue weighted by atomic mass is 9.72. The fraction of sp³-hybridized carbons (Fsp3) is 0.130. The number of allylic oxidation sites excluding steroid dienone is 4. The molecule has 48 heavy (non-hydrogen) atoms. The van der Waals surface area contributed by atoms with Crippen LogP contribution in [0.1, 0.15) is 42.5 Å². The number of benzene rings is 6. The molecule has 0 bridgehead atoms. The molecule has 2 heteroatoms. The first-order valence-electron chi connectivity index (χ1n) is 17.1. The van der Waals surface area contributed by atoms with Gasteiger partial charge in [-0.15, -0.1) is 0 Å². The Labute approximate surface area is 282 Å². The highest BCUT2D eigenvalue weighted by atomic mass is 15.1. The summed E-state index contributed by atoms with van der Waals surface area (Å²) >= 11 is 0. The van der Waals surface area contributed by atoms with Gasteiger partial charge in [0, 0.05) is 39.8 Å². The molecule has 6 aromatic carbocycles. The minimum atomic E-state index is -0.195. The van der Waals surface area contributed by atoms with Gasteiger partial charge in [-0.3, -0.25) is 0 Å². The number of fused-ring (bicyclic) bond motifs is 5. The largest absolute Gasteiger partial charge is 0.337 e. The molecular weight excluding hydrogens is 581 g/mol. The predicted molar refractivity (Wildman–Crippen MR) is 202 cm³/mol. The van der Waals surface area contributed by atoms with Crippen LogP contribution in [0.25, 0.3) is 33.1 Å². The van der Waals surface area contributed by atoms with Crippen molar-refractivity contribution in [2.75, 3.05) is 4.90 Å². The molecule has 0 spiro atoms. The van der Waals surface area contributed by atoms with E-state index in [-0.39, 0.29) is 5.41 Å². The maximum atomic E-state index is 2.52. The molecule has 2 nitrogen and oxygen atoms in total. The fourth-order valence-electron chi connectivity index (χ4n) is 8.35. The van der Waals surface area contributed by atoms with Gasteiger partial charge in [-0.05, 0) is 107 Å². The first-order valence-corrected chi connectivity index (χ1v) is 17.1. The summed E-state index contributed by atoms with van der Waals surface area (Å²) in [6.07, 6.45) is 5.87. The number of para-hydroxylation sites is 3. The molecule has 9 rings (SSSR count). The second-order valence-electron chi connectivity index (χ2n) is 13.5. The lowest BCUT2D eigenvalue weighted by Crippen LogP contribution is -2.24. The Balaban J connectivity index is 1.19. The van der Waals surface area contributed by atoms with Crippen molar-refractivity contribution in [3.8, 4) is 5.69 Å². The lowest BCUT2D eigenvalue weighted by molar-refractivity contribution is 0.688. The summed E-state index contributed by atoms with van der Waals surface area (Å²) in [6.45, 7) is 5.62. The molecule has 2 aliphatic carbocycles. The standard InChI is InChI=1S/C46H38N2/c1-32-15-14-23-41-45(32)40-30-44-39(29-42(40)46(41,2)34-16-6-3-7-17-34)38-22-12-13-24-43(38)48(44)37-27-25-33(26-28-37)31-47(35-18-8-4-9-19-35)36-20-10-5-11-21-36/h3-14,16-30,32H,15,31H2,1-2H3. The van der Waals surface area contributed by atoms with Crippen molar-refractivity contribution in [2.24, 2.45) is 5.92 Å². The van der Waals surface area contributed by atoms with Crippen molar-refractivity contribution in [2.45, 2.75) is 32.2 Å². The van der Waals surface area contributed by atoms with Gasteiger partial charge in [-0.25, -0.2) is 0 Å². The van der Waals surface area contributed by atoms with Crippen LogP contribution in [0.3, 0.4) is 0 Å². The fourth-order valence-corrected chi connectivity index (χ4v) is 8.35. The van der Waals surface area contributed by atoms with Gasteiger partial charge in [0.05, 0.1) is 11.0 Å². The highest BCUT2D eigenvalue weighted by Gasteiger charge is 2.44. The minimum Gasteiger partial charge on any atom is -0.337 e. The topological polar surface area (TPSA) is 8.17 Å². The minimum absolute atomic E-state index is 0.195. The number of hydrogen-bond donors (Lipinski definition) is 0. The van der Waals surface area contributed by atoms with E-state index >= 15 is 0 Å². The van der Waals surface area contributed by atoms with E-state index in [2.05, 4.69) is 187 Å². The lowest BCUT2D eigenvalue weighted by Gasteiger charge is -2.31. The van der Waals surface area contributed by atoms with Gasteiger partial charge in [0.15, 0.2) is 0 Å². The molecule has 1 heterocycles. The molecule has 0 radical (unpaired) electrons. The third-order valence-electron chi connectivity index (χ3n) is 10.8. The first kappa shape index (κ1) is 28.6. The van der Waals surface area contributed by atoms with Crippen LogP contribution >= 0.6 is 0 Å². The summed E-state index contributed by atoms with van der Waals surface area (Å²) in [5, 5.41) is 2.61. The first-order chi connectivity index (χ1) is 23.6. The Morgan fingerprint density at radius 1 is 0.667 bits per heavy atom. The Kier molecular flexibility index (Phi) is 6.72. The number of rotatable bonds is 6. The SMILES string of the molecule is CC1CC=CC2=C1c1cc3c(cc1C2(C)c1ccccc1)c1ccccc1n3-c1ccc(CN(c2ccccc2)c2ccccc2)cc1. The molecule has 0 saturated heterocycles. The van der Waals surface area contributed by atoms with E-state index in [9.17, 15) is 0 Å². The van der Waals surface area contributed by atoms with Gasteiger partial charge in [0.2, 0.25) is 0 Å². The number of aromatic nitrogens is 1. The summed E-state index contributed by atoms with van der Waals surface area (Å²) in [6, 6.07) is 55.5. The second kappa shape index (κ2) is 11.3. The normalized spacial score (nSPS) is 18.3. The van der Waals surface area contributed by atoms with Crippen molar-refractivity contribution in [3.63, 3.8) is 0 Å². The highest BCUT2D eigenvalue weighted by Crippen LogP contribution is 2.56. The molecule has 1 aromatic heterocycles. The molecule has 2 aliphatic rings. The molecule has 2 unspecified atom stereocenters. The molecule has 0 saturated carbocycles. The summed E-state index contributed by atoms with van der Waals surface area (Å²) in [7, 11) is 0. The van der Waals surface area contributed by atoms with Gasteiger partial charge < -0.3 is 9.47 Å². The van der Waals surface area contributed by atoms with E-state index < -0.39 is 0 Å². The van der Waals surface area contributed by atoms with Crippen molar-refractivity contribution in [1.29, 1.82) is 0 Å². The average Bonchev–Trinajstić information content (AvgIpc) is 3.61. The van der Waals surface area contributed by atoms with Gasteiger partial charge in [0.1, 0.15) is 0 Å². The molecule has 0 aliphatic heterocycles. The Morgan fingerprint density at radius 2 is 1.29 bits per heavy atom. The molecule has 7 aromatic rings. The van der Waals surface area contributed by atoms with E-state index in [1.165, 1.54) is 72.3 Å². The summed E-state index contributed by atoms with van der Waals surface area (Å²) in [5.41, 5.74) is 14.3. The summed E-state index contributed by atoms with van der Waals surface area (Å²) in [5.74, 6) is 0.473. The number of nitrogens with zero attached hydrogens (tertiary/aromatic N) is 2. The monoisotopic (exact) mass is 618 g/mol. The quantitative estimate of drug-likeness (QED) is 0.180. The maximum Gasteiger partial charge on any atom is 0.0547 e. The third-order valence-corrected chi connectivity index (χ3v) is 10.8. The van der Waals surface area contributed by atoms with Crippen LogP contribution in [0.2, 0.25) is 0 Å². The Hall–Kier alpha value is -5.60. The zero-order valence-electron chi connectivity index (χ0n) is 27.5.